The van der Waals surface area contributed by atoms with Gasteiger partial charge in [-0.15, -0.1) is 0 Å². The van der Waals surface area contributed by atoms with Crippen molar-refractivity contribution in [2.24, 2.45) is 0 Å². The first-order chi connectivity index (χ1) is 12.6. The SMILES string of the molecule is Cc1cc(N2CCC[C@](O)(CN3CCCC3)C2)nc(N2CCCCC2)n1. The summed E-state index contributed by atoms with van der Waals surface area (Å²) in [5, 5.41) is 11.2. The van der Waals surface area contributed by atoms with Gasteiger partial charge in [-0.2, -0.15) is 4.98 Å². The molecule has 26 heavy (non-hydrogen) atoms. The zero-order valence-electron chi connectivity index (χ0n) is 16.2. The molecular formula is C20H33N5O. The molecule has 3 aliphatic rings. The van der Waals surface area contributed by atoms with E-state index in [1.807, 2.05) is 0 Å². The van der Waals surface area contributed by atoms with E-state index in [-0.39, 0.29) is 0 Å². The number of hydrogen-bond donors (Lipinski definition) is 1. The number of aliphatic hydroxyl groups is 1. The molecule has 0 aliphatic carbocycles. The van der Waals surface area contributed by atoms with Crippen LogP contribution < -0.4 is 9.80 Å². The van der Waals surface area contributed by atoms with Gasteiger partial charge >= 0.3 is 0 Å². The fraction of sp³-hybridized carbons (Fsp3) is 0.800. The van der Waals surface area contributed by atoms with Gasteiger partial charge in [0, 0.05) is 44.5 Å². The molecule has 3 saturated heterocycles. The van der Waals surface area contributed by atoms with Gasteiger partial charge in [0.15, 0.2) is 0 Å². The van der Waals surface area contributed by atoms with Crippen molar-refractivity contribution in [3.63, 3.8) is 0 Å². The second-order valence-corrected chi connectivity index (χ2v) is 8.45. The zero-order valence-corrected chi connectivity index (χ0v) is 16.2. The lowest BCUT2D eigenvalue weighted by atomic mass is 9.92. The molecule has 4 rings (SSSR count). The minimum absolute atomic E-state index is 0.618. The van der Waals surface area contributed by atoms with Crippen molar-refractivity contribution in [3.05, 3.63) is 11.8 Å². The van der Waals surface area contributed by atoms with Crippen LogP contribution >= 0.6 is 0 Å². The van der Waals surface area contributed by atoms with Gasteiger partial charge in [0.1, 0.15) is 5.82 Å². The minimum atomic E-state index is -0.618. The Morgan fingerprint density at radius 2 is 1.62 bits per heavy atom. The van der Waals surface area contributed by atoms with Crippen LogP contribution in [-0.2, 0) is 0 Å². The molecule has 144 valence electrons. The van der Waals surface area contributed by atoms with Crippen LogP contribution in [0.2, 0.25) is 0 Å². The highest BCUT2D eigenvalue weighted by Gasteiger charge is 2.36. The molecular weight excluding hydrogens is 326 g/mol. The normalized spacial score (nSPS) is 27.9. The number of aromatic nitrogens is 2. The quantitative estimate of drug-likeness (QED) is 0.889. The molecule has 3 aliphatic heterocycles. The number of anilines is 2. The third-order valence-corrected chi connectivity index (χ3v) is 6.06. The number of nitrogens with zero attached hydrogens (tertiary/aromatic N) is 5. The first kappa shape index (κ1) is 18.0. The second kappa shape index (κ2) is 7.69. The van der Waals surface area contributed by atoms with Crippen molar-refractivity contribution in [3.8, 4) is 0 Å². The van der Waals surface area contributed by atoms with E-state index < -0.39 is 5.60 Å². The molecule has 1 atom stereocenters. The van der Waals surface area contributed by atoms with E-state index in [0.29, 0.717) is 6.54 Å². The third kappa shape index (κ3) is 4.12. The summed E-state index contributed by atoms with van der Waals surface area (Å²) in [5.41, 5.74) is 0.399. The van der Waals surface area contributed by atoms with Gasteiger partial charge < -0.3 is 19.8 Å². The van der Waals surface area contributed by atoms with E-state index in [4.69, 9.17) is 4.98 Å². The first-order valence-electron chi connectivity index (χ1n) is 10.4. The molecule has 0 radical (unpaired) electrons. The fourth-order valence-corrected chi connectivity index (χ4v) is 4.73. The molecule has 3 fully saturated rings. The summed E-state index contributed by atoms with van der Waals surface area (Å²) in [6.07, 6.45) is 8.21. The van der Waals surface area contributed by atoms with Crippen molar-refractivity contribution in [2.45, 2.75) is 57.5 Å². The summed E-state index contributed by atoms with van der Waals surface area (Å²) in [6.45, 7) is 8.88. The Morgan fingerprint density at radius 1 is 0.923 bits per heavy atom. The molecule has 0 saturated carbocycles. The average molecular weight is 360 g/mol. The van der Waals surface area contributed by atoms with Gasteiger partial charge in [0.25, 0.3) is 0 Å². The minimum Gasteiger partial charge on any atom is -0.387 e. The van der Waals surface area contributed by atoms with E-state index in [1.54, 1.807) is 0 Å². The highest BCUT2D eigenvalue weighted by Crippen LogP contribution is 2.28. The highest BCUT2D eigenvalue weighted by atomic mass is 16.3. The van der Waals surface area contributed by atoms with Crippen LogP contribution in [-0.4, -0.2) is 71.4 Å². The molecule has 1 aromatic rings. The highest BCUT2D eigenvalue weighted by molar-refractivity contribution is 5.47. The van der Waals surface area contributed by atoms with Crippen LogP contribution in [0.3, 0.4) is 0 Å². The number of piperidine rings is 2. The van der Waals surface area contributed by atoms with Crippen LogP contribution in [0.25, 0.3) is 0 Å². The van der Waals surface area contributed by atoms with Crippen molar-refractivity contribution >= 4 is 11.8 Å². The third-order valence-electron chi connectivity index (χ3n) is 6.06. The van der Waals surface area contributed by atoms with Crippen molar-refractivity contribution in [1.29, 1.82) is 0 Å². The lowest BCUT2D eigenvalue weighted by Gasteiger charge is -2.42. The molecule has 6 nitrogen and oxygen atoms in total. The van der Waals surface area contributed by atoms with Gasteiger partial charge in [-0.3, -0.25) is 0 Å². The maximum absolute atomic E-state index is 11.2. The van der Waals surface area contributed by atoms with Crippen LogP contribution in [0.1, 0.15) is 50.6 Å². The molecule has 6 heteroatoms. The molecule has 0 bridgehead atoms. The van der Waals surface area contributed by atoms with E-state index in [0.717, 1.165) is 69.6 Å². The Balaban J connectivity index is 1.49. The van der Waals surface area contributed by atoms with Crippen molar-refractivity contribution in [2.75, 3.05) is 55.6 Å². The molecule has 0 spiro atoms. The summed E-state index contributed by atoms with van der Waals surface area (Å²) in [7, 11) is 0. The smallest absolute Gasteiger partial charge is 0.227 e. The Labute approximate surface area is 157 Å². The lowest BCUT2D eigenvalue weighted by molar-refractivity contribution is -0.00238. The monoisotopic (exact) mass is 359 g/mol. The van der Waals surface area contributed by atoms with Crippen LogP contribution in [0.5, 0.6) is 0 Å². The van der Waals surface area contributed by atoms with E-state index in [9.17, 15) is 5.11 Å². The van der Waals surface area contributed by atoms with E-state index in [1.165, 1.54) is 32.1 Å². The Kier molecular flexibility index (Phi) is 5.32. The number of hydrogen-bond acceptors (Lipinski definition) is 6. The number of rotatable bonds is 4. The number of aryl methyl sites for hydroxylation is 1. The second-order valence-electron chi connectivity index (χ2n) is 8.45. The largest absolute Gasteiger partial charge is 0.387 e. The summed E-state index contributed by atoms with van der Waals surface area (Å²) in [4.78, 5) is 16.6. The zero-order chi connectivity index (χ0) is 18.0. The summed E-state index contributed by atoms with van der Waals surface area (Å²) < 4.78 is 0. The Hall–Kier alpha value is -1.40. The lowest BCUT2D eigenvalue weighted by Crippen LogP contribution is -2.54. The van der Waals surface area contributed by atoms with E-state index >= 15 is 0 Å². The first-order valence-corrected chi connectivity index (χ1v) is 10.4. The van der Waals surface area contributed by atoms with Crippen molar-refractivity contribution < 1.29 is 5.11 Å². The molecule has 0 amide bonds. The van der Waals surface area contributed by atoms with Crippen LogP contribution in [0.15, 0.2) is 6.07 Å². The van der Waals surface area contributed by atoms with Gasteiger partial charge in [0.05, 0.1) is 5.60 Å². The fourth-order valence-electron chi connectivity index (χ4n) is 4.73. The van der Waals surface area contributed by atoms with Gasteiger partial charge in [0.2, 0.25) is 5.95 Å². The Morgan fingerprint density at radius 3 is 2.38 bits per heavy atom. The molecule has 1 N–H and O–H groups in total. The van der Waals surface area contributed by atoms with Gasteiger partial charge in [-0.1, -0.05) is 0 Å². The predicted octanol–water partition coefficient (Wildman–Crippen LogP) is 2.20. The molecule has 1 aromatic heterocycles. The molecule has 4 heterocycles. The Bertz CT molecular complexity index is 612. The maximum atomic E-state index is 11.2. The standard InChI is InChI=1S/C20H33N5O/c1-17-14-18(22-19(21-17)24-11-3-2-4-12-24)25-13-7-8-20(26,16-25)15-23-9-5-6-10-23/h14,26H,2-13,15-16H2,1H3/t20-/m0/s1. The van der Waals surface area contributed by atoms with Gasteiger partial charge in [-0.25, -0.2) is 4.98 Å². The van der Waals surface area contributed by atoms with Crippen LogP contribution in [0.4, 0.5) is 11.8 Å². The van der Waals surface area contributed by atoms with Crippen LogP contribution in [0, 0.1) is 6.92 Å². The van der Waals surface area contributed by atoms with E-state index in [2.05, 4.69) is 32.7 Å². The molecule has 0 aromatic carbocycles. The van der Waals surface area contributed by atoms with Gasteiger partial charge in [-0.05, 0) is 65.0 Å². The number of likely N-dealkylation sites (tertiary alicyclic amines) is 1. The predicted molar refractivity (Wildman–Crippen MR) is 105 cm³/mol. The van der Waals surface area contributed by atoms with Crippen molar-refractivity contribution in [1.82, 2.24) is 14.9 Å². The topological polar surface area (TPSA) is 55.7 Å². The summed E-state index contributed by atoms with van der Waals surface area (Å²) in [6, 6.07) is 2.08. The summed E-state index contributed by atoms with van der Waals surface area (Å²) in [5.74, 6) is 1.85. The summed E-state index contributed by atoms with van der Waals surface area (Å²) >= 11 is 0. The molecule has 0 unspecified atom stereocenters. The average Bonchev–Trinajstić information content (AvgIpc) is 3.14. The maximum Gasteiger partial charge on any atom is 0.227 e. The number of β-amino-alcohol motifs (C(OH)–C–C–N with tert-alkyl or cyclic N) is 1.